The number of carboxylic acids is 1. The fourth-order valence-electron chi connectivity index (χ4n) is 2.65. The second-order valence-corrected chi connectivity index (χ2v) is 7.96. The smallest absolute Gasteiger partial charge is 0.341 e. The SMILES string of the molecule is O=C(O)COc1ccc(SC/C=C(/c2ccccc2)c2ccc(Br)cc2)cc1. The number of hydrogen-bond donors (Lipinski definition) is 1. The van der Waals surface area contributed by atoms with Gasteiger partial charge in [-0.25, -0.2) is 4.79 Å². The normalized spacial score (nSPS) is 11.2. The third-order valence-corrected chi connectivity index (χ3v) is 5.43. The Labute approximate surface area is 177 Å². The second-order valence-electron chi connectivity index (χ2n) is 5.96. The summed E-state index contributed by atoms with van der Waals surface area (Å²) in [6.07, 6.45) is 2.23. The number of halogens is 1. The monoisotopic (exact) mass is 454 g/mol. The van der Waals surface area contributed by atoms with Crippen molar-refractivity contribution in [2.75, 3.05) is 12.4 Å². The predicted octanol–water partition coefficient (Wildman–Crippen LogP) is 6.14. The molecule has 0 aliphatic carbocycles. The molecule has 3 rings (SSSR count). The molecule has 0 unspecified atom stereocenters. The molecular weight excluding hydrogens is 436 g/mol. The zero-order chi connectivity index (χ0) is 19.8. The maximum atomic E-state index is 10.6. The van der Waals surface area contributed by atoms with Gasteiger partial charge in [-0.15, -0.1) is 11.8 Å². The topological polar surface area (TPSA) is 46.5 Å². The molecule has 0 amide bonds. The van der Waals surface area contributed by atoms with Gasteiger partial charge in [0.25, 0.3) is 0 Å². The van der Waals surface area contributed by atoms with Gasteiger partial charge in [0.15, 0.2) is 6.61 Å². The van der Waals surface area contributed by atoms with E-state index in [-0.39, 0.29) is 6.61 Å². The van der Waals surface area contributed by atoms with E-state index in [2.05, 4.69) is 58.4 Å². The van der Waals surface area contributed by atoms with Crippen LogP contribution in [0.1, 0.15) is 11.1 Å². The van der Waals surface area contributed by atoms with E-state index >= 15 is 0 Å². The van der Waals surface area contributed by atoms with E-state index in [1.807, 2.05) is 30.3 Å². The minimum Gasteiger partial charge on any atom is -0.482 e. The van der Waals surface area contributed by atoms with Gasteiger partial charge in [0, 0.05) is 15.1 Å². The molecule has 1 N–H and O–H groups in total. The van der Waals surface area contributed by atoms with Gasteiger partial charge in [-0.05, 0) is 53.1 Å². The Bertz CT molecular complexity index is 936. The Kier molecular flexibility index (Phi) is 7.34. The van der Waals surface area contributed by atoms with E-state index in [0.29, 0.717) is 5.75 Å². The van der Waals surface area contributed by atoms with Crippen molar-refractivity contribution in [3.05, 3.63) is 101 Å². The van der Waals surface area contributed by atoms with Gasteiger partial charge >= 0.3 is 5.97 Å². The van der Waals surface area contributed by atoms with E-state index in [9.17, 15) is 4.79 Å². The first-order valence-corrected chi connectivity index (χ1v) is 10.5. The van der Waals surface area contributed by atoms with Crippen LogP contribution in [0, 0.1) is 0 Å². The van der Waals surface area contributed by atoms with Gasteiger partial charge < -0.3 is 9.84 Å². The summed E-state index contributed by atoms with van der Waals surface area (Å²) in [7, 11) is 0. The number of thioether (sulfide) groups is 1. The molecule has 3 aromatic carbocycles. The third-order valence-electron chi connectivity index (χ3n) is 3.96. The Morgan fingerprint density at radius 2 is 1.57 bits per heavy atom. The highest BCUT2D eigenvalue weighted by atomic mass is 79.9. The lowest BCUT2D eigenvalue weighted by Crippen LogP contribution is -2.09. The van der Waals surface area contributed by atoms with Crippen LogP contribution in [0.15, 0.2) is 94.3 Å². The fraction of sp³-hybridized carbons (Fsp3) is 0.0870. The average Bonchev–Trinajstić information content (AvgIpc) is 2.72. The molecule has 0 aromatic heterocycles. The van der Waals surface area contributed by atoms with Crippen LogP contribution in [0.2, 0.25) is 0 Å². The van der Waals surface area contributed by atoms with E-state index in [1.165, 1.54) is 16.7 Å². The summed E-state index contributed by atoms with van der Waals surface area (Å²) < 4.78 is 6.22. The second kappa shape index (κ2) is 10.2. The molecule has 0 aliphatic heterocycles. The Balaban J connectivity index is 1.71. The van der Waals surface area contributed by atoms with Crippen molar-refractivity contribution in [2.45, 2.75) is 4.90 Å². The number of ether oxygens (including phenoxy) is 1. The fourth-order valence-corrected chi connectivity index (χ4v) is 3.68. The van der Waals surface area contributed by atoms with E-state index < -0.39 is 5.97 Å². The van der Waals surface area contributed by atoms with Crippen LogP contribution in [0.25, 0.3) is 5.57 Å². The molecule has 3 nitrogen and oxygen atoms in total. The summed E-state index contributed by atoms with van der Waals surface area (Å²) in [5, 5.41) is 8.66. The van der Waals surface area contributed by atoms with E-state index in [1.54, 1.807) is 23.9 Å². The zero-order valence-electron chi connectivity index (χ0n) is 15.0. The lowest BCUT2D eigenvalue weighted by Gasteiger charge is -2.09. The molecule has 28 heavy (non-hydrogen) atoms. The van der Waals surface area contributed by atoms with Crippen molar-refractivity contribution in [1.29, 1.82) is 0 Å². The van der Waals surface area contributed by atoms with E-state index in [4.69, 9.17) is 9.84 Å². The van der Waals surface area contributed by atoms with Gasteiger partial charge in [-0.1, -0.05) is 64.5 Å². The molecule has 5 heteroatoms. The Morgan fingerprint density at radius 3 is 2.21 bits per heavy atom. The summed E-state index contributed by atoms with van der Waals surface area (Å²) in [6, 6.07) is 26.1. The van der Waals surface area contributed by atoms with Crippen LogP contribution in [0.5, 0.6) is 5.75 Å². The highest BCUT2D eigenvalue weighted by Gasteiger charge is 2.05. The summed E-state index contributed by atoms with van der Waals surface area (Å²) in [4.78, 5) is 11.7. The van der Waals surface area contributed by atoms with Crippen molar-refractivity contribution in [3.63, 3.8) is 0 Å². The van der Waals surface area contributed by atoms with Crippen molar-refractivity contribution >= 4 is 39.2 Å². The van der Waals surface area contributed by atoms with Crippen LogP contribution < -0.4 is 4.74 Å². The quantitative estimate of drug-likeness (QED) is 0.415. The molecule has 142 valence electrons. The molecule has 0 saturated heterocycles. The van der Waals surface area contributed by atoms with Crippen molar-refractivity contribution in [1.82, 2.24) is 0 Å². The van der Waals surface area contributed by atoms with Gasteiger partial charge in [-0.3, -0.25) is 0 Å². The Hall–Kier alpha value is -2.50. The largest absolute Gasteiger partial charge is 0.482 e. The van der Waals surface area contributed by atoms with Crippen LogP contribution in [-0.2, 0) is 4.79 Å². The first kappa shape index (κ1) is 20.2. The molecule has 3 aromatic rings. The molecule has 0 heterocycles. The first-order valence-electron chi connectivity index (χ1n) is 8.71. The number of aliphatic carboxylic acids is 1. The van der Waals surface area contributed by atoms with Crippen LogP contribution in [0.4, 0.5) is 0 Å². The number of carboxylic acid groups (broad SMARTS) is 1. The highest BCUT2D eigenvalue weighted by Crippen LogP contribution is 2.27. The molecule has 0 atom stereocenters. The molecule has 0 bridgehead atoms. The third kappa shape index (κ3) is 6.01. The molecular formula is C23H19BrO3S. The van der Waals surface area contributed by atoms with Gasteiger partial charge in [0.05, 0.1) is 0 Å². The van der Waals surface area contributed by atoms with E-state index in [0.717, 1.165) is 15.1 Å². The van der Waals surface area contributed by atoms with Gasteiger partial charge in [0.1, 0.15) is 5.75 Å². The van der Waals surface area contributed by atoms with Crippen molar-refractivity contribution < 1.29 is 14.6 Å². The van der Waals surface area contributed by atoms with Gasteiger partial charge in [-0.2, -0.15) is 0 Å². The van der Waals surface area contributed by atoms with Crippen LogP contribution in [0.3, 0.4) is 0 Å². The predicted molar refractivity (Wildman–Crippen MR) is 118 cm³/mol. The molecule has 0 spiro atoms. The van der Waals surface area contributed by atoms with Crippen LogP contribution in [-0.4, -0.2) is 23.4 Å². The maximum Gasteiger partial charge on any atom is 0.341 e. The lowest BCUT2D eigenvalue weighted by atomic mass is 9.98. The number of carbonyl (C=O) groups is 1. The minimum absolute atomic E-state index is 0.331. The molecule has 0 saturated carbocycles. The lowest BCUT2D eigenvalue weighted by molar-refractivity contribution is -0.139. The summed E-state index contributed by atoms with van der Waals surface area (Å²) >= 11 is 5.21. The summed E-state index contributed by atoms with van der Waals surface area (Å²) in [6.45, 7) is -0.331. The molecule has 0 fully saturated rings. The highest BCUT2D eigenvalue weighted by molar-refractivity contribution is 9.10. The first-order chi connectivity index (χ1) is 13.6. The number of hydrogen-bond acceptors (Lipinski definition) is 3. The number of benzene rings is 3. The van der Waals surface area contributed by atoms with Gasteiger partial charge in [0.2, 0.25) is 0 Å². The minimum atomic E-state index is -0.982. The zero-order valence-corrected chi connectivity index (χ0v) is 17.4. The average molecular weight is 455 g/mol. The van der Waals surface area contributed by atoms with Crippen LogP contribution >= 0.6 is 27.7 Å². The molecule has 0 radical (unpaired) electrons. The number of rotatable bonds is 8. The standard InChI is InChI=1S/C23H19BrO3S/c24-19-8-6-18(7-9-19)22(17-4-2-1-3-5-17)14-15-28-21-12-10-20(11-13-21)27-16-23(25)26/h1-14H,15-16H2,(H,25,26)/b22-14-. The summed E-state index contributed by atoms with van der Waals surface area (Å²) in [5.41, 5.74) is 3.55. The van der Waals surface area contributed by atoms with Crippen molar-refractivity contribution in [3.8, 4) is 5.75 Å². The summed E-state index contributed by atoms with van der Waals surface area (Å²) in [5.74, 6) is 0.391. The molecule has 0 aliphatic rings. The Morgan fingerprint density at radius 1 is 0.929 bits per heavy atom. The maximum absolute atomic E-state index is 10.6. The van der Waals surface area contributed by atoms with Crippen molar-refractivity contribution in [2.24, 2.45) is 0 Å².